The van der Waals surface area contributed by atoms with Gasteiger partial charge in [-0.05, 0) is 18.2 Å². The van der Waals surface area contributed by atoms with Gasteiger partial charge in [-0.15, -0.1) is 0 Å². The van der Waals surface area contributed by atoms with E-state index in [2.05, 4.69) is 9.72 Å². The second-order valence-electron chi connectivity index (χ2n) is 3.01. The molecule has 2 rings (SSSR count). The predicted octanol–water partition coefficient (Wildman–Crippen LogP) is 2.53. The molecule has 6 heteroatoms. The van der Waals surface area contributed by atoms with Gasteiger partial charge in [0, 0.05) is 11.3 Å². The van der Waals surface area contributed by atoms with Gasteiger partial charge >= 0.3 is 6.61 Å². The Hall–Kier alpha value is -2.11. The normalized spacial score (nSPS) is 10.7. The first kappa shape index (κ1) is 10.4. The molecular weight excluding hydrogens is 218 g/mol. The van der Waals surface area contributed by atoms with Gasteiger partial charge in [0.05, 0.1) is 0 Å². The van der Waals surface area contributed by atoms with Gasteiger partial charge in [-0.25, -0.2) is 4.98 Å². The number of hydrogen-bond donors (Lipinski definition) is 1. The van der Waals surface area contributed by atoms with E-state index in [-0.39, 0.29) is 5.75 Å². The molecule has 0 aliphatic heterocycles. The molecule has 4 nitrogen and oxygen atoms in total. The van der Waals surface area contributed by atoms with Crippen molar-refractivity contribution in [1.29, 1.82) is 0 Å². The number of alkyl halides is 2. The van der Waals surface area contributed by atoms with Gasteiger partial charge in [0.2, 0.25) is 0 Å². The van der Waals surface area contributed by atoms with Gasteiger partial charge in [0.25, 0.3) is 0 Å². The number of nitrogen functional groups attached to an aromatic ring is 1. The van der Waals surface area contributed by atoms with Crippen molar-refractivity contribution >= 4 is 5.69 Å². The van der Waals surface area contributed by atoms with Gasteiger partial charge in [0.1, 0.15) is 17.7 Å². The number of halogens is 2. The number of oxazole rings is 1. The standard InChI is InChI=1S/C10H8F2N2O2/c11-10(12)16-9-2-1-6(13)3-7(9)8-4-15-5-14-8/h1-5,10H,13H2. The molecule has 1 heterocycles. The van der Waals surface area contributed by atoms with Crippen molar-refractivity contribution in [3.63, 3.8) is 0 Å². The largest absolute Gasteiger partial charge is 0.451 e. The first-order valence-corrected chi connectivity index (χ1v) is 4.39. The third kappa shape index (κ3) is 2.10. The molecule has 84 valence electrons. The third-order valence-corrected chi connectivity index (χ3v) is 1.93. The monoisotopic (exact) mass is 226 g/mol. The molecule has 0 bridgehead atoms. The quantitative estimate of drug-likeness (QED) is 0.817. The average Bonchev–Trinajstić information content (AvgIpc) is 2.73. The van der Waals surface area contributed by atoms with Crippen LogP contribution in [0.5, 0.6) is 5.75 Å². The van der Waals surface area contributed by atoms with Crippen LogP contribution >= 0.6 is 0 Å². The Morgan fingerprint density at radius 2 is 2.19 bits per heavy atom. The fourth-order valence-corrected chi connectivity index (χ4v) is 1.29. The maximum absolute atomic E-state index is 12.1. The summed E-state index contributed by atoms with van der Waals surface area (Å²) in [6, 6.07) is 4.34. The number of ether oxygens (including phenoxy) is 1. The van der Waals surface area contributed by atoms with Gasteiger partial charge in [-0.2, -0.15) is 8.78 Å². The Bertz CT molecular complexity index is 472. The number of anilines is 1. The van der Waals surface area contributed by atoms with E-state index < -0.39 is 6.61 Å². The minimum Gasteiger partial charge on any atom is -0.451 e. The minimum absolute atomic E-state index is 0.0121. The number of hydrogen-bond acceptors (Lipinski definition) is 4. The molecule has 16 heavy (non-hydrogen) atoms. The van der Waals surface area contributed by atoms with Crippen molar-refractivity contribution in [3.05, 3.63) is 30.9 Å². The average molecular weight is 226 g/mol. The van der Waals surface area contributed by atoms with E-state index in [9.17, 15) is 8.78 Å². The molecule has 0 aliphatic carbocycles. The summed E-state index contributed by atoms with van der Waals surface area (Å²) in [5.74, 6) is 0.0121. The Morgan fingerprint density at radius 1 is 1.38 bits per heavy atom. The van der Waals surface area contributed by atoms with E-state index in [1.165, 1.54) is 30.9 Å². The lowest BCUT2D eigenvalue weighted by molar-refractivity contribution is -0.0494. The summed E-state index contributed by atoms with van der Waals surface area (Å²) in [7, 11) is 0. The van der Waals surface area contributed by atoms with Gasteiger partial charge < -0.3 is 14.9 Å². The number of aromatic nitrogens is 1. The molecule has 2 N–H and O–H groups in total. The molecule has 1 aromatic heterocycles. The van der Waals surface area contributed by atoms with Crippen LogP contribution in [0.15, 0.2) is 35.3 Å². The van der Waals surface area contributed by atoms with Gasteiger partial charge in [0.15, 0.2) is 6.39 Å². The second-order valence-corrected chi connectivity index (χ2v) is 3.01. The molecule has 0 unspecified atom stereocenters. The smallest absolute Gasteiger partial charge is 0.387 e. The predicted molar refractivity (Wildman–Crippen MR) is 53.0 cm³/mol. The van der Waals surface area contributed by atoms with Crippen LogP contribution in [0.25, 0.3) is 11.3 Å². The number of nitrogens with two attached hydrogens (primary N) is 1. The van der Waals surface area contributed by atoms with E-state index in [4.69, 9.17) is 10.2 Å². The topological polar surface area (TPSA) is 61.3 Å². The Morgan fingerprint density at radius 3 is 2.81 bits per heavy atom. The molecule has 0 atom stereocenters. The lowest BCUT2D eigenvalue weighted by Crippen LogP contribution is -2.03. The zero-order valence-corrected chi connectivity index (χ0v) is 8.06. The van der Waals surface area contributed by atoms with E-state index in [0.29, 0.717) is 16.9 Å². The van der Waals surface area contributed by atoms with Crippen molar-refractivity contribution in [2.75, 3.05) is 5.73 Å². The highest BCUT2D eigenvalue weighted by molar-refractivity contribution is 5.70. The maximum Gasteiger partial charge on any atom is 0.387 e. The number of benzene rings is 1. The van der Waals surface area contributed by atoms with Crippen molar-refractivity contribution in [1.82, 2.24) is 4.98 Å². The maximum atomic E-state index is 12.1. The summed E-state index contributed by atoms with van der Waals surface area (Å²) in [5.41, 5.74) is 6.75. The van der Waals surface area contributed by atoms with E-state index in [1.807, 2.05) is 0 Å². The molecule has 0 saturated heterocycles. The molecule has 0 spiro atoms. The molecular formula is C10H8F2N2O2. The van der Waals surface area contributed by atoms with Crippen LogP contribution in [0, 0.1) is 0 Å². The van der Waals surface area contributed by atoms with Crippen LogP contribution in [0.1, 0.15) is 0 Å². The van der Waals surface area contributed by atoms with Crippen molar-refractivity contribution in [2.45, 2.75) is 6.61 Å². The zero-order valence-electron chi connectivity index (χ0n) is 8.06. The summed E-state index contributed by atoms with van der Waals surface area (Å²) >= 11 is 0. The molecule has 2 aromatic rings. The minimum atomic E-state index is -2.89. The lowest BCUT2D eigenvalue weighted by atomic mass is 10.1. The van der Waals surface area contributed by atoms with Crippen LogP contribution in [0.2, 0.25) is 0 Å². The van der Waals surface area contributed by atoms with E-state index >= 15 is 0 Å². The van der Waals surface area contributed by atoms with Crippen molar-refractivity contribution in [2.24, 2.45) is 0 Å². The Kier molecular flexibility index (Phi) is 2.72. The summed E-state index contributed by atoms with van der Waals surface area (Å²) in [5, 5.41) is 0. The van der Waals surface area contributed by atoms with Crippen LogP contribution in [0.4, 0.5) is 14.5 Å². The molecule has 1 aromatic carbocycles. The molecule has 0 fully saturated rings. The highest BCUT2D eigenvalue weighted by atomic mass is 19.3. The van der Waals surface area contributed by atoms with E-state index in [0.717, 1.165) is 0 Å². The van der Waals surface area contributed by atoms with Crippen LogP contribution in [-0.4, -0.2) is 11.6 Å². The van der Waals surface area contributed by atoms with Crippen molar-refractivity contribution in [3.8, 4) is 17.0 Å². The van der Waals surface area contributed by atoms with Gasteiger partial charge in [-0.3, -0.25) is 0 Å². The van der Waals surface area contributed by atoms with Crippen LogP contribution in [-0.2, 0) is 0 Å². The molecule has 0 radical (unpaired) electrons. The highest BCUT2D eigenvalue weighted by Gasteiger charge is 2.13. The zero-order chi connectivity index (χ0) is 11.5. The van der Waals surface area contributed by atoms with Gasteiger partial charge in [-0.1, -0.05) is 0 Å². The second kappa shape index (κ2) is 4.18. The van der Waals surface area contributed by atoms with Crippen molar-refractivity contribution < 1.29 is 17.9 Å². The highest BCUT2D eigenvalue weighted by Crippen LogP contribution is 2.31. The molecule has 0 saturated carbocycles. The Balaban J connectivity index is 2.45. The SMILES string of the molecule is Nc1ccc(OC(F)F)c(-c2cocn2)c1. The first-order chi connectivity index (χ1) is 7.66. The summed E-state index contributed by atoms with van der Waals surface area (Å²) < 4.78 is 33.4. The third-order valence-electron chi connectivity index (χ3n) is 1.93. The van der Waals surface area contributed by atoms with Crippen LogP contribution in [0.3, 0.4) is 0 Å². The van der Waals surface area contributed by atoms with Crippen LogP contribution < -0.4 is 10.5 Å². The fraction of sp³-hybridized carbons (Fsp3) is 0.100. The number of nitrogens with zero attached hydrogens (tertiary/aromatic N) is 1. The lowest BCUT2D eigenvalue weighted by Gasteiger charge is -2.09. The van der Waals surface area contributed by atoms with E-state index in [1.54, 1.807) is 0 Å². The summed E-state index contributed by atoms with van der Waals surface area (Å²) in [4.78, 5) is 3.85. The number of rotatable bonds is 3. The summed E-state index contributed by atoms with van der Waals surface area (Å²) in [6.45, 7) is -2.89. The first-order valence-electron chi connectivity index (χ1n) is 4.39. The fourth-order valence-electron chi connectivity index (χ4n) is 1.29. The molecule has 0 amide bonds. The Labute approximate surface area is 89.7 Å². The molecule has 0 aliphatic rings. The summed E-state index contributed by atoms with van der Waals surface area (Å²) in [6.07, 6.45) is 2.53.